The molecule has 0 unspecified atom stereocenters. The predicted molar refractivity (Wildman–Crippen MR) is 326 cm³/mol. The van der Waals surface area contributed by atoms with Gasteiger partial charge in [-0.05, 0) is 60.1 Å². The zero-order valence-corrected chi connectivity index (χ0v) is 49.7. The molecule has 0 aromatic heterocycles. The minimum atomic E-state index is -1.50. The first-order valence-electron chi connectivity index (χ1n) is 30.0. The number of unbranched alkanes of at least 4 members (excludes halogenated alkanes) is 4. The summed E-state index contributed by atoms with van der Waals surface area (Å²) in [6.45, 7) is 2.81. The molecule has 0 saturated carbocycles. The predicted octanol–water partition coefficient (Wildman–Crippen LogP) is 7.59. The molecule has 6 aromatic rings. The molecule has 2 aliphatic heterocycles. The third-order valence-electron chi connectivity index (χ3n) is 15.3. The van der Waals surface area contributed by atoms with E-state index in [0.717, 1.165) is 22.3 Å². The molecule has 8 rings (SSSR count). The summed E-state index contributed by atoms with van der Waals surface area (Å²) in [7, 11) is 0. The highest BCUT2D eigenvalue weighted by Gasteiger charge is 2.51. The molecule has 2 saturated heterocycles. The van der Waals surface area contributed by atoms with Crippen molar-refractivity contribution in [2.45, 2.75) is 146 Å². The van der Waals surface area contributed by atoms with E-state index in [1.54, 1.807) is 158 Å². The first-order chi connectivity index (χ1) is 43.1. The lowest BCUT2D eigenvalue weighted by Gasteiger charge is -2.27. The maximum Gasteiger partial charge on any atom is 0.417 e. The maximum absolute atomic E-state index is 14.6. The van der Waals surface area contributed by atoms with Crippen LogP contribution in [0.15, 0.2) is 182 Å². The lowest BCUT2D eigenvalue weighted by atomic mass is 10.0. The van der Waals surface area contributed by atoms with Gasteiger partial charge in [-0.25, -0.2) is 29.0 Å². The molecular weight excluding hydrogens is 1140 g/mol. The van der Waals surface area contributed by atoms with Gasteiger partial charge in [0.05, 0.1) is 0 Å². The zero-order valence-electron chi connectivity index (χ0n) is 49.7. The first kappa shape index (κ1) is 65.0. The van der Waals surface area contributed by atoms with Gasteiger partial charge in [-0.1, -0.05) is 201 Å². The number of benzene rings is 6. The Balaban J connectivity index is 0.847. The molecule has 8 atom stereocenters. The van der Waals surface area contributed by atoms with Crippen LogP contribution in [0.5, 0.6) is 0 Å². The summed E-state index contributed by atoms with van der Waals surface area (Å²) < 4.78 is 22.2. The zero-order chi connectivity index (χ0) is 63.1. The van der Waals surface area contributed by atoms with E-state index in [-0.39, 0.29) is 51.7 Å². The van der Waals surface area contributed by atoms with Gasteiger partial charge in [-0.2, -0.15) is 0 Å². The van der Waals surface area contributed by atoms with Crippen molar-refractivity contribution in [3.8, 4) is 0 Å². The van der Waals surface area contributed by atoms with Crippen molar-refractivity contribution in [1.29, 1.82) is 0 Å². The Kier molecular flexibility index (Phi) is 23.9. The summed E-state index contributed by atoms with van der Waals surface area (Å²) in [5.41, 5.74) is 4.24. The number of imide groups is 2. The van der Waals surface area contributed by atoms with Crippen molar-refractivity contribution in [2.24, 2.45) is 0 Å². The third-order valence-corrected chi connectivity index (χ3v) is 15.3. The highest BCUT2D eigenvalue weighted by atomic mass is 16.6. The van der Waals surface area contributed by atoms with Crippen molar-refractivity contribution in [3.63, 3.8) is 0 Å². The van der Waals surface area contributed by atoms with E-state index in [1.807, 2.05) is 24.3 Å². The molecule has 0 bridgehead atoms. The van der Waals surface area contributed by atoms with Crippen molar-refractivity contribution in [3.05, 3.63) is 215 Å². The third kappa shape index (κ3) is 19.0. The van der Waals surface area contributed by atoms with Crippen LogP contribution in [0, 0.1) is 0 Å². The van der Waals surface area contributed by atoms with Crippen molar-refractivity contribution in [2.75, 3.05) is 0 Å². The van der Waals surface area contributed by atoms with Crippen LogP contribution in [0.4, 0.5) is 9.59 Å². The molecule has 0 radical (unpaired) electrons. The van der Waals surface area contributed by atoms with Crippen LogP contribution in [0.2, 0.25) is 0 Å². The summed E-state index contributed by atoms with van der Waals surface area (Å²) >= 11 is 0. The average Bonchev–Trinajstić information content (AvgIpc) is 2.10. The number of hydrogen-bond acceptors (Lipinski definition) is 14. The number of esters is 2. The van der Waals surface area contributed by atoms with E-state index in [9.17, 15) is 47.9 Å². The van der Waals surface area contributed by atoms with Gasteiger partial charge in [0.2, 0.25) is 23.6 Å². The Bertz CT molecular complexity index is 3140. The van der Waals surface area contributed by atoms with Crippen LogP contribution < -0.4 is 21.3 Å². The maximum atomic E-state index is 14.6. The van der Waals surface area contributed by atoms with Crippen LogP contribution in [-0.2, 0) is 96.2 Å². The standard InChI is InChI=1S/C69H74N6O14/c1-46-60(62(78)72-56(42-50-30-16-8-17-31-50)66(82)86-44-52-34-20-10-21-35-52)74(68(84)88-46)64(80)54(40-48-26-12-6-13-27-48)70-58(76)38-24-4-3-5-25-39-59(77)71-55(41-49-28-14-7-15-29-49)65(81)75-61(47(2)89-69(75)85)63(79)73-57(43-51-32-18-9-19-33-51)67(83)87-45-53-36-22-11-23-37-53/h6-23,26-37,46-47,54-57,60-61H,3-5,24-25,38-45H2,1-2H3,(H,70,76)(H,71,77)(H,72,78)(H,73,79)/t46-,47-,54-,55-,56-,57-,60+,61+/m0/s1. The minimum Gasteiger partial charge on any atom is -0.459 e. The first-order valence-corrected chi connectivity index (χ1v) is 30.0. The molecule has 2 fully saturated rings. The van der Waals surface area contributed by atoms with E-state index >= 15 is 0 Å². The fraction of sp³-hybridized carbons (Fsp3) is 0.333. The number of ether oxygens (including phenoxy) is 4. The summed E-state index contributed by atoms with van der Waals surface area (Å²) in [5, 5.41) is 11.0. The Labute approximate surface area is 517 Å². The smallest absolute Gasteiger partial charge is 0.417 e. The van der Waals surface area contributed by atoms with Crippen molar-refractivity contribution in [1.82, 2.24) is 31.1 Å². The van der Waals surface area contributed by atoms with Gasteiger partial charge >= 0.3 is 24.1 Å². The van der Waals surface area contributed by atoms with E-state index in [2.05, 4.69) is 21.3 Å². The van der Waals surface area contributed by atoms with Gasteiger partial charge in [0, 0.05) is 38.5 Å². The Morgan fingerprint density at radius 1 is 0.382 bits per heavy atom. The number of carbonyl (C=O) groups excluding carboxylic acids is 10. The van der Waals surface area contributed by atoms with Gasteiger partial charge in [0.15, 0.2) is 12.1 Å². The van der Waals surface area contributed by atoms with Gasteiger partial charge in [0.25, 0.3) is 11.8 Å². The largest absolute Gasteiger partial charge is 0.459 e. The molecular formula is C69H74N6O14. The molecule has 89 heavy (non-hydrogen) atoms. The molecule has 20 heteroatoms. The minimum absolute atomic E-state index is 0.00194. The fourth-order valence-electron chi connectivity index (χ4n) is 10.7. The SMILES string of the molecule is C[C@@H]1OC(=O)N(C(=O)[C@H](Cc2ccccc2)NC(=O)CCCCCCCC(=O)N[C@@H](Cc2ccccc2)C(=O)N2C(=O)O[C@@H](C)[C@@H]2C(=O)N[C@@H](Cc2ccccc2)C(=O)OCc2ccccc2)[C@H]1C(=O)N[C@@H](Cc1ccccc1)C(=O)OCc1ccccc1. The van der Waals surface area contributed by atoms with Crippen molar-refractivity contribution < 1.29 is 66.9 Å². The van der Waals surface area contributed by atoms with Crippen LogP contribution in [-0.4, -0.2) is 118 Å². The van der Waals surface area contributed by atoms with Crippen LogP contribution in [0.1, 0.15) is 92.2 Å². The molecule has 20 nitrogen and oxygen atoms in total. The Morgan fingerprint density at radius 2 is 0.652 bits per heavy atom. The molecule has 4 N–H and O–H groups in total. The fourth-order valence-corrected chi connectivity index (χ4v) is 10.7. The van der Waals surface area contributed by atoms with E-state index in [4.69, 9.17) is 18.9 Å². The second kappa shape index (κ2) is 32.7. The highest BCUT2D eigenvalue weighted by molar-refractivity contribution is 6.05. The monoisotopic (exact) mass is 1210 g/mol. The number of rotatable bonds is 30. The van der Waals surface area contributed by atoms with Gasteiger partial charge in [-0.3, -0.25) is 28.8 Å². The summed E-state index contributed by atoms with van der Waals surface area (Å²) in [5.74, 6) is -5.85. The van der Waals surface area contributed by atoms with Crippen molar-refractivity contribution >= 4 is 59.6 Å². The number of cyclic esters (lactones) is 2. The number of amides is 8. The number of carbonyl (C=O) groups is 10. The van der Waals surface area contributed by atoms with Gasteiger partial charge in [-0.15, -0.1) is 0 Å². The normalized spacial score (nSPS) is 17.4. The van der Waals surface area contributed by atoms with Gasteiger partial charge in [0.1, 0.15) is 49.6 Å². The molecule has 464 valence electrons. The lowest BCUT2D eigenvalue weighted by molar-refractivity contribution is -0.150. The van der Waals surface area contributed by atoms with E-state index in [1.165, 1.54) is 13.8 Å². The molecule has 8 amide bonds. The molecule has 6 aromatic carbocycles. The van der Waals surface area contributed by atoms with E-state index < -0.39 is 108 Å². The van der Waals surface area contributed by atoms with Crippen LogP contribution >= 0.6 is 0 Å². The second-order valence-electron chi connectivity index (χ2n) is 22.1. The lowest BCUT2D eigenvalue weighted by Crippen LogP contribution is -2.58. The molecule has 0 aliphatic carbocycles. The summed E-state index contributed by atoms with van der Waals surface area (Å²) in [6, 6.07) is 45.7. The summed E-state index contributed by atoms with van der Waals surface area (Å²) in [4.78, 5) is 141. The molecule has 0 spiro atoms. The topological polar surface area (TPSA) is 262 Å². The quantitative estimate of drug-likeness (QED) is 0.0193. The second-order valence-corrected chi connectivity index (χ2v) is 22.1. The van der Waals surface area contributed by atoms with E-state index in [0.29, 0.717) is 53.0 Å². The highest BCUT2D eigenvalue weighted by Crippen LogP contribution is 2.25. The molecule has 2 heterocycles. The van der Waals surface area contributed by atoms with Crippen LogP contribution in [0.3, 0.4) is 0 Å². The molecule has 2 aliphatic rings. The van der Waals surface area contributed by atoms with Gasteiger partial charge < -0.3 is 40.2 Å². The van der Waals surface area contributed by atoms with Crippen LogP contribution in [0.25, 0.3) is 0 Å². The average molecular weight is 1210 g/mol. The summed E-state index contributed by atoms with van der Waals surface area (Å²) in [6.07, 6.45) is -1.84. The number of nitrogens with zero attached hydrogens (tertiary/aromatic N) is 2. The Hall–Kier alpha value is -9.98. The number of nitrogens with one attached hydrogen (secondary N) is 4. The Morgan fingerprint density at radius 3 is 0.955 bits per heavy atom. The number of hydrogen-bond donors (Lipinski definition) is 4.